The molecule has 3 aromatic rings. The number of rotatable bonds is 3. The third-order valence-corrected chi connectivity index (χ3v) is 6.33. The molecule has 0 radical (unpaired) electrons. The molecule has 0 saturated carbocycles. The number of aromatic nitrogens is 1. The van der Waals surface area contributed by atoms with Gasteiger partial charge in [0.2, 0.25) is 0 Å². The Labute approximate surface area is 182 Å². The van der Waals surface area contributed by atoms with Gasteiger partial charge >= 0.3 is 0 Å². The average Bonchev–Trinajstić information content (AvgIpc) is 3.09. The van der Waals surface area contributed by atoms with Gasteiger partial charge in [-0.3, -0.25) is 9.69 Å². The molecule has 0 bridgehead atoms. The maximum absolute atomic E-state index is 12.6. The lowest BCUT2D eigenvalue weighted by Crippen LogP contribution is -2.26. The molecule has 0 spiro atoms. The number of fused-ring (bicyclic) bond motifs is 1. The highest BCUT2D eigenvalue weighted by Gasteiger charge is 2.33. The van der Waals surface area contributed by atoms with Gasteiger partial charge in [-0.15, -0.1) is 0 Å². The summed E-state index contributed by atoms with van der Waals surface area (Å²) in [6, 6.07) is 14.0. The summed E-state index contributed by atoms with van der Waals surface area (Å²) in [5, 5.41) is 2.28. The van der Waals surface area contributed by atoms with Crippen LogP contribution in [-0.2, 0) is 11.3 Å². The molecular formula is C21H17BrClN3OS. The number of halogens is 2. The van der Waals surface area contributed by atoms with Gasteiger partial charge in [-0.2, -0.15) is 0 Å². The minimum absolute atomic E-state index is 0.102. The van der Waals surface area contributed by atoms with Crippen molar-refractivity contribution in [2.45, 2.75) is 6.54 Å². The van der Waals surface area contributed by atoms with Gasteiger partial charge in [0.05, 0.1) is 0 Å². The molecule has 1 aliphatic heterocycles. The Bertz CT molecular complexity index is 1150. The zero-order valence-electron chi connectivity index (χ0n) is 15.3. The van der Waals surface area contributed by atoms with E-state index >= 15 is 0 Å². The lowest BCUT2D eigenvalue weighted by molar-refractivity contribution is -0.121. The van der Waals surface area contributed by atoms with E-state index in [1.54, 1.807) is 11.9 Å². The van der Waals surface area contributed by atoms with Crippen LogP contribution in [-0.4, -0.2) is 39.5 Å². The van der Waals surface area contributed by atoms with E-state index < -0.39 is 0 Å². The SMILES string of the molecule is CN1C(=O)/C(=C/c2cn(Cc3ccccc3Cl)c3ccc(Br)cc23)N(C)C1=S. The largest absolute Gasteiger partial charge is 0.342 e. The van der Waals surface area contributed by atoms with E-state index in [1.807, 2.05) is 43.5 Å². The van der Waals surface area contributed by atoms with Gasteiger partial charge < -0.3 is 9.47 Å². The van der Waals surface area contributed by atoms with Crippen LogP contribution in [0.3, 0.4) is 0 Å². The molecule has 2 aromatic carbocycles. The van der Waals surface area contributed by atoms with Crippen LogP contribution in [0.25, 0.3) is 17.0 Å². The molecule has 1 aliphatic rings. The van der Waals surface area contributed by atoms with Crippen molar-refractivity contribution >= 4 is 67.7 Å². The van der Waals surface area contributed by atoms with Crippen LogP contribution < -0.4 is 0 Å². The Balaban J connectivity index is 1.85. The Hall–Kier alpha value is -2.15. The number of hydrogen-bond acceptors (Lipinski definition) is 2. The zero-order chi connectivity index (χ0) is 20.0. The first-order valence-corrected chi connectivity index (χ1v) is 10.2. The normalized spacial score (nSPS) is 16.1. The maximum atomic E-state index is 12.6. The van der Waals surface area contributed by atoms with Crippen LogP contribution in [0.1, 0.15) is 11.1 Å². The highest BCUT2D eigenvalue weighted by atomic mass is 79.9. The van der Waals surface area contributed by atoms with Gasteiger partial charge in [-0.1, -0.05) is 45.7 Å². The standard InChI is InChI=1S/C21H17BrClN3OS/c1-24-19(20(27)25(2)21(24)28)9-14-12-26(11-13-5-3-4-6-17(13)23)18-8-7-15(22)10-16(14)18/h3-10,12H,11H2,1-2H3/b19-9-. The summed E-state index contributed by atoms with van der Waals surface area (Å²) in [5.41, 5.74) is 3.62. The highest BCUT2D eigenvalue weighted by Crippen LogP contribution is 2.30. The van der Waals surface area contributed by atoms with Crippen molar-refractivity contribution in [3.8, 4) is 0 Å². The number of amides is 1. The molecule has 142 valence electrons. The van der Waals surface area contributed by atoms with Gasteiger partial charge in [0.1, 0.15) is 5.70 Å². The first-order chi connectivity index (χ1) is 13.4. The van der Waals surface area contributed by atoms with Crippen LogP contribution in [0.5, 0.6) is 0 Å². The lowest BCUT2D eigenvalue weighted by Gasteiger charge is -2.10. The van der Waals surface area contributed by atoms with Gasteiger partial charge in [-0.25, -0.2) is 0 Å². The number of hydrogen-bond donors (Lipinski definition) is 0. The van der Waals surface area contributed by atoms with Crippen molar-refractivity contribution in [2.75, 3.05) is 14.1 Å². The Kier molecular flexibility index (Phi) is 5.04. The number of carbonyl (C=O) groups excluding carboxylic acids is 1. The van der Waals surface area contributed by atoms with Crippen molar-refractivity contribution < 1.29 is 4.79 Å². The summed E-state index contributed by atoms with van der Waals surface area (Å²) in [6.07, 6.45) is 3.95. The maximum Gasteiger partial charge on any atom is 0.276 e. The second kappa shape index (κ2) is 7.35. The minimum atomic E-state index is -0.102. The fourth-order valence-corrected chi connectivity index (χ4v) is 4.13. The van der Waals surface area contributed by atoms with Crippen molar-refractivity contribution in [1.29, 1.82) is 0 Å². The molecule has 28 heavy (non-hydrogen) atoms. The Morgan fingerprint density at radius 2 is 1.89 bits per heavy atom. The summed E-state index contributed by atoms with van der Waals surface area (Å²) in [6.45, 7) is 0.642. The van der Waals surface area contributed by atoms with Crippen LogP contribution >= 0.6 is 39.7 Å². The molecule has 1 amide bonds. The molecule has 0 unspecified atom stereocenters. The van der Waals surface area contributed by atoms with E-state index in [0.29, 0.717) is 17.4 Å². The van der Waals surface area contributed by atoms with E-state index in [9.17, 15) is 4.79 Å². The van der Waals surface area contributed by atoms with Crippen LogP contribution in [0, 0.1) is 0 Å². The van der Waals surface area contributed by atoms with Crippen molar-refractivity contribution in [1.82, 2.24) is 14.4 Å². The number of likely N-dealkylation sites (N-methyl/N-ethyl adjacent to an activating group) is 2. The number of thiocarbonyl (C=S) groups is 1. The third kappa shape index (κ3) is 3.26. The van der Waals surface area contributed by atoms with Crippen molar-refractivity contribution in [3.05, 3.63) is 75.0 Å². The minimum Gasteiger partial charge on any atom is -0.342 e. The monoisotopic (exact) mass is 473 g/mol. The first kappa shape index (κ1) is 19.2. The second-order valence-corrected chi connectivity index (χ2v) is 8.39. The van der Waals surface area contributed by atoms with Crippen molar-refractivity contribution in [2.24, 2.45) is 0 Å². The van der Waals surface area contributed by atoms with Gasteiger partial charge in [-0.05, 0) is 48.1 Å². The molecule has 1 saturated heterocycles. The Morgan fingerprint density at radius 3 is 2.57 bits per heavy atom. The predicted molar refractivity (Wildman–Crippen MR) is 121 cm³/mol. The molecule has 1 fully saturated rings. The summed E-state index contributed by atoms with van der Waals surface area (Å²) in [7, 11) is 3.51. The predicted octanol–water partition coefficient (Wildman–Crippen LogP) is 5.14. The number of carbonyl (C=O) groups is 1. The molecule has 4 nitrogen and oxygen atoms in total. The molecule has 0 atom stereocenters. The fourth-order valence-electron chi connectivity index (χ4n) is 3.39. The van der Waals surface area contributed by atoms with Crippen LogP contribution in [0.4, 0.5) is 0 Å². The second-order valence-electron chi connectivity index (χ2n) is 6.70. The van der Waals surface area contributed by atoms with Crippen LogP contribution in [0.2, 0.25) is 5.02 Å². The zero-order valence-corrected chi connectivity index (χ0v) is 18.5. The average molecular weight is 475 g/mol. The van der Waals surface area contributed by atoms with Gasteiger partial charge in [0, 0.05) is 52.8 Å². The van der Waals surface area contributed by atoms with Gasteiger partial charge in [0.15, 0.2) is 5.11 Å². The van der Waals surface area contributed by atoms with E-state index in [0.717, 1.165) is 31.5 Å². The Morgan fingerprint density at radius 1 is 1.14 bits per heavy atom. The fraction of sp³-hybridized carbons (Fsp3) is 0.143. The summed E-state index contributed by atoms with van der Waals surface area (Å²) in [4.78, 5) is 15.8. The van der Waals surface area contributed by atoms with Crippen molar-refractivity contribution in [3.63, 3.8) is 0 Å². The van der Waals surface area contributed by atoms with E-state index in [-0.39, 0.29) is 5.91 Å². The molecule has 4 rings (SSSR count). The molecular weight excluding hydrogens is 458 g/mol. The summed E-state index contributed by atoms with van der Waals surface area (Å²) < 4.78 is 3.13. The topological polar surface area (TPSA) is 28.5 Å². The molecule has 1 aromatic heterocycles. The number of benzene rings is 2. The first-order valence-electron chi connectivity index (χ1n) is 8.66. The van der Waals surface area contributed by atoms with E-state index in [2.05, 4.69) is 38.8 Å². The molecule has 0 N–H and O–H groups in total. The number of nitrogens with zero attached hydrogens (tertiary/aromatic N) is 3. The molecule has 2 heterocycles. The molecule has 0 aliphatic carbocycles. The molecule has 7 heteroatoms. The quantitative estimate of drug-likeness (QED) is 0.389. The van der Waals surface area contributed by atoms with E-state index in [4.69, 9.17) is 23.8 Å². The van der Waals surface area contributed by atoms with E-state index in [1.165, 1.54) is 4.90 Å². The van der Waals surface area contributed by atoms with Crippen LogP contribution in [0.15, 0.2) is 58.8 Å². The summed E-state index contributed by atoms with van der Waals surface area (Å²) in [5.74, 6) is -0.102. The summed E-state index contributed by atoms with van der Waals surface area (Å²) >= 11 is 15.2. The highest BCUT2D eigenvalue weighted by molar-refractivity contribution is 9.10. The van der Waals surface area contributed by atoms with Gasteiger partial charge in [0.25, 0.3) is 5.91 Å². The third-order valence-electron chi connectivity index (χ3n) is 4.92. The lowest BCUT2D eigenvalue weighted by atomic mass is 10.1. The smallest absolute Gasteiger partial charge is 0.276 e.